The lowest BCUT2D eigenvalue weighted by atomic mass is 10.1. The van der Waals surface area contributed by atoms with Gasteiger partial charge < -0.3 is 0 Å². The van der Waals surface area contributed by atoms with Crippen molar-refractivity contribution in [1.82, 2.24) is 0 Å². The van der Waals surface area contributed by atoms with Gasteiger partial charge in [0.1, 0.15) is 0 Å². The minimum absolute atomic E-state index is 1.08. The van der Waals surface area contributed by atoms with E-state index >= 15 is 0 Å². The van der Waals surface area contributed by atoms with Gasteiger partial charge in [-0.05, 0) is 30.9 Å². The van der Waals surface area contributed by atoms with E-state index < -0.39 is 0 Å². The van der Waals surface area contributed by atoms with Gasteiger partial charge in [-0.3, -0.25) is 0 Å². The van der Waals surface area contributed by atoms with Crippen molar-refractivity contribution in [1.29, 1.82) is 0 Å². The fourth-order valence-corrected chi connectivity index (χ4v) is 1.33. The van der Waals surface area contributed by atoms with Crippen molar-refractivity contribution >= 4 is 0 Å². The van der Waals surface area contributed by atoms with E-state index in [2.05, 4.69) is 50.3 Å². The second kappa shape index (κ2) is 5.58. The summed E-state index contributed by atoms with van der Waals surface area (Å²) in [6, 6.07) is 8.57. The summed E-state index contributed by atoms with van der Waals surface area (Å²) in [6.45, 7) is 4.38. The zero-order valence-electron chi connectivity index (χ0n) is 8.59. The summed E-state index contributed by atoms with van der Waals surface area (Å²) in [7, 11) is 0. The van der Waals surface area contributed by atoms with Gasteiger partial charge >= 0.3 is 0 Å². The Labute approximate surface area is 81.3 Å². The average Bonchev–Trinajstić information content (AvgIpc) is 2.15. The lowest BCUT2D eigenvalue weighted by molar-refractivity contribution is 0.953. The SMILES string of the molecule is CCCC=CCc1ccccc1C. The monoisotopic (exact) mass is 174 g/mol. The molecule has 0 bridgehead atoms. The topological polar surface area (TPSA) is 0 Å². The lowest BCUT2D eigenvalue weighted by Crippen LogP contribution is -1.84. The molecule has 0 unspecified atom stereocenters. The van der Waals surface area contributed by atoms with Gasteiger partial charge in [0, 0.05) is 0 Å². The van der Waals surface area contributed by atoms with Gasteiger partial charge in [0.05, 0.1) is 0 Å². The van der Waals surface area contributed by atoms with Crippen LogP contribution in [-0.4, -0.2) is 0 Å². The highest BCUT2D eigenvalue weighted by Gasteiger charge is 1.92. The van der Waals surface area contributed by atoms with Gasteiger partial charge in [-0.15, -0.1) is 0 Å². The highest BCUT2D eigenvalue weighted by molar-refractivity contribution is 5.27. The van der Waals surface area contributed by atoms with Gasteiger partial charge in [0.15, 0.2) is 0 Å². The van der Waals surface area contributed by atoms with Gasteiger partial charge in [0.2, 0.25) is 0 Å². The zero-order chi connectivity index (χ0) is 9.52. The molecule has 0 aliphatic carbocycles. The molecule has 0 atom stereocenters. The molecule has 0 N–H and O–H groups in total. The normalized spacial score (nSPS) is 10.9. The van der Waals surface area contributed by atoms with Crippen molar-refractivity contribution < 1.29 is 0 Å². The van der Waals surface area contributed by atoms with E-state index in [1.165, 1.54) is 24.0 Å². The molecule has 0 aliphatic heterocycles. The Bertz CT molecular complexity index is 271. The number of aryl methyl sites for hydroxylation is 1. The van der Waals surface area contributed by atoms with Crippen LogP contribution in [0.15, 0.2) is 36.4 Å². The van der Waals surface area contributed by atoms with Crippen LogP contribution in [0, 0.1) is 6.92 Å². The van der Waals surface area contributed by atoms with Crippen LogP contribution in [0.3, 0.4) is 0 Å². The first-order valence-corrected chi connectivity index (χ1v) is 5.04. The minimum atomic E-state index is 1.08. The first kappa shape index (κ1) is 10.0. The van der Waals surface area contributed by atoms with Crippen molar-refractivity contribution in [2.24, 2.45) is 0 Å². The fourth-order valence-electron chi connectivity index (χ4n) is 1.33. The Morgan fingerprint density at radius 2 is 1.92 bits per heavy atom. The predicted molar refractivity (Wildman–Crippen MR) is 58.9 cm³/mol. The molecule has 0 spiro atoms. The molecule has 0 heterocycles. The van der Waals surface area contributed by atoms with Crippen LogP contribution >= 0.6 is 0 Å². The summed E-state index contributed by atoms with van der Waals surface area (Å²) in [4.78, 5) is 0. The Hall–Kier alpha value is -1.04. The van der Waals surface area contributed by atoms with Crippen LogP contribution in [0.5, 0.6) is 0 Å². The number of benzene rings is 1. The van der Waals surface area contributed by atoms with Crippen LogP contribution in [-0.2, 0) is 6.42 Å². The maximum absolute atomic E-state index is 2.27. The molecule has 1 aromatic rings. The van der Waals surface area contributed by atoms with E-state index in [1.54, 1.807) is 0 Å². The predicted octanol–water partition coefficient (Wildman–Crippen LogP) is 3.89. The van der Waals surface area contributed by atoms with E-state index in [1.807, 2.05) is 0 Å². The highest BCUT2D eigenvalue weighted by atomic mass is 14.0. The molecule has 0 saturated carbocycles. The summed E-state index contributed by atoms with van der Waals surface area (Å²) in [5.74, 6) is 0. The quantitative estimate of drug-likeness (QED) is 0.607. The molecule has 70 valence electrons. The van der Waals surface area contributed by atoms with E-state index in [9.17, 15) is 0 Å². The molecule has 0 aliphatic rings. The molecule has 0 heteroatoms. The number of unbranched alkanes of at least 4 members (excludes halogenated alkanes) is 1. The zero-order valence-corrected chi connectivity index (χ0v) is 8.59. The molecule has 1 aromatic carbocycles. The molecular weight excluding hydrogens is 156 g/mol. The number of rotatable bonds is 4. The van der Waals surface area contributed by atoms with E-state index in [0.29, 0.717) is 0 Å². The van der Waals surface area contributed by atoms with Crippen LogP contribution in [0.25, 0.3) is 0 Å². The van der Waals surface area contributed by atoms with E-state index in [-0.39, 0.29) is 0 Å². The Morgan fingerprint density at radius 1 is 1.15 bits per heavy atom. The second-order valence-electron chi connectivity index (χ2n) is 3.39. The Kier molecular flexibility index (Phi) is 4.31. The van der Waals surface area contributed by atoms with Crippen molar-refractivity contribution in [3.63, 3.8) is 0 Å². The lowest BCUT2D eigenvalue weighted by Gasteiger charge is -2.00. The number of hydrogen-bond donors (Lipinski definition) is 0. The first-order chi connectivity index (χ1) is 6.34. The Morgan fingerprint density at radius 3 is 2.62 bits per heavy atom. The molecular formula is C13H18. The van der Waals surface area contributed by atoms with Crippen LogP contribution in [0.4, 0.5) is 0 Å². The second-order valence-corrected chi connectivity index (χ2v) is 3.39. The molecule has 0 nitrogen and oxygen atoms in total. The van der Waals surface area contributed by atoms with Gasteiger partial charge in [0.25, 0.3) is 0 Å². The van der Waals surface area contributed by atoms with Gasteiger partial charge in [-0.1, -0.05) is 49.8 Å². The third-order valence-electron chi connectivity index (χ3n) is 2.22. The van der Waals surface area contributed by atoms with Crippen LogP contribution < -0.4 is 0 Å². The molecule has 0 amide bonds. The first-order valence-electron chi connectivity index (χ1n) is 5.04. The molecule has 13 heavy (non-hydrogen) atoms. The maximum atomic E-state index is 2.27. The van der Waals surface area contributed by atoms with E-state index in [4.69, 9.17) is 0 Å². The summed E-state index contributed by atoms with van der Waals surface area (Å²) < 4.78 is 0. The highest BCUT2D eigenvalue weighted by Crippen LogP contribution is 2.08. The fraction of sp³-hybridized carbons (Fsp3) is 0.385. The summed E-state index contributed by atoms with van der Waals surface area (Å²) >= 11 is 0. The van der Waals surface area contributed by atoms with Gasteiger partial charge in [-0.25, -0.2) is 0 Å². The number of allylic oxidation sites excluding steroid dienone is 2. The van der Waals surface area contributed by atoms with E-state index in [0.717, 1.165) is 6.42 Å². The average molecular weight is 174 g/mol. The summed E-state index contributed by atoms with van der Waals surface area (Å²) in [5.41, 5.74) is 2.83. The largest absolute Gasteiger partial charge is 0.0882 e. The molecule has 0 saturated heterocycles. The van der Waals surface area contributed by atoms with Crippen LogP contribution in [0.2, 0.25) is 0 Å². The van der Waals surface area contributed by atoms with Crippen LogP contribution in [0.1, 0.15) is 30.9 Å². The van der Waals surface area contributed by atoms with Crippen molar-refractivity contribution in [2.45, 2.75) is 33.1 Å². The summed E-state index contributed by atoms with van der Waals surface area (Å²) in [6.07, 6.45) is 8.06. The Balaban J connectivity index is 2.49. The van der Waals surface area contributed by atoms with Crippen molar-refractivity contribution in [3.8, 4) is 0 Å². The third-order valence-corrected chi connectivity index (χ3v) is 2.22. The molecule has 0 fully saturated rings. The molecule has 0 radical (unpaired) electrons. The van der Waals surface area contributed by atoms with Crippen molar-refractivity contribution in [3.05, 3.63) is 47.5 Å². The van der Waals surface area contributed by atoms with Crippen molar-refractivity contribution in [2.75, 3.05) is 0 Å². The number of hydrogen-bond acceptors (Lipinski definition) is 0. The smallest absolute Gasteiger partial charge is 0.00948 e. The molecule has 1 rings (SSSR count). The summed E-state index contributed by atoms with van der Waals surface area (Å²) in [5, 5.41) is 0. The minimum Gasteiger partial charge on any atom is -0.0882 e. The van der Waals surface area contributed by atoms with Gasteiger partial charge in [-0.2, -0.15) is 0 Å². The third kappa shape index (κ3) is 3.45. The maximum Gasteiger partial charge on any atom is -0.00948 e. The standard InChI is InChI=1S/C13H18/c1-3-4-5-6-10-13-11-8-7-9-12(13)2/h5-9,11H,3-4,10H2,1-2H3. The molecule has 0 aromatic heterocycles.